The number of rotatable bonds is 4. The number of hydrogen-bond acceptors (Lipinski definition) is 5. The summed E-state index contributed by atoms with van der Waals surface area (Å²) in [6.07, 6.45) is 0. The molecule has 6 nitrogen and oxygen atoms in total. The lowest BCUT2D eigenvalue weighted by Crippen LogP contribution is -2.39. The SMILES string of the molecule is C[C@H](c1nc2ccccc2s1)N(C)Cc1cc(=O)n(C)c(=O)n1C. The molecule has 0 N–H and O–H groups in total. The topological polar surface area (TPSA) is 60.1 Å². The minimum Gasteiger partial charge on any atom is -0.299 e. The molecule has 1 aromatic carbocycles. The zero-order valence-corrected chi connectivity index (χ0v) is 15.0. The van der Waals surface area contributed by atoms with Gasteiger partial charge in [0.2, 0.25) is 0 Å². The molecule has 3 aromatic rings. The van der Waals surface area contributed by atoms with Crippen LogP contribution in [0.2, 0.25) is 0 Å². The zero-order chi connectivity index (χ0) is 17.4. The molecule has 2 aromatic heterocycles. The van der Waals surface area contributed by atoms with E-state index < -0.39 is 0 Å². The molecule has 0 aliphatic rings. The van der Waals surface area contributed by atoms with Gasteiger partial charge in [0.15, 0.2) is 0 Å². The maximum atomic E-state index is 12.0. The summed E-state index contributed by atoms with van der Waals surface area (Å²) in [6.45, 7) is 2.58. The van der Waals surface area contributed by atoms with E-state index in [0.29, 0.717) is 12.2 Å². The van der Waals surface area contributed by atoms with E-state index in [2.05, 4.69) is 22.9 Å². The van der Waals surface area contributed by atoms with Crippen LogP contribution >= 0.6 is 11.3 Å². The molecule has 0 saturated carbocycles. The van der Waals surface area contributed by atoms with Gasteiger partial charge in [-0.2, -0.15) is 0 Å². The van der Waals surface area contributed by atoms with E-state index in [0.717, 1.165) is 19.8 Å². The summed E-state index contributed by atoms with van der Waals surface area (Å²) in [6, 6.07) is 9.66. The highest BCUT2D eigenvalue weighted by molar-refractivity contribution is 7.18. The Bertz CT molecular complexity index is 969. The zero-order valence-electron chi connectivity index (χ0n) is 14.2. The minimum absolute atomic E-state index is 0.0848. The van der Waals surface area contributed by atoms with Crippen LogP contribution in [-0.4, -0.2) is 26.1 Å². The molecule has 0 spiro atoms. The van der Waals surface area contributed by atoms with Crippen molar-refractivity contribution in [3.63, 3.8) is 0 Å². The van der Waals surface area contributed by atoms with E-state index in [-0.39, 0.29) is 17.3 Å². The van der Waals surface area contributed by atoms with Crippen LogP contribution in [-0.2, 0) is 20.6 Å². The van der Waals surface area contributed by atoms with Gasteiger partial charge in [-0.05, 0) is 26.1 Å². The van der Waals surface area contributed by atoms with Crippen LogP contribution in [0.15, 0.2) is 39.9 Å². The highest BCUT2D eigenvalue weighted by Gasteiger charge is 2.18. The van der Waals surface area contributed by atoms with E-state index in [1.54, 1.807) is 18.4 Å². The van der Waals surface area contributed by atoms with Gasteiger partial charge in [0, 0.05) is 32.4 Å². The van der Waals surface area contributed by atoms with Crippen LogP contribution in [0.4, 0.5) is 0 Å². The summed E-state index contributed by atoms with van der Waals surface area (Å²) in [5, 5.41) is 1.02. The van der Waals surface area contributed by atoms with Gasteiger partial charge < -0.3 is 0 Å². The fourth-order valence-corrected chi connectivity index (χ4v) is 3.66. The van der Waals surface area contributed by atoms with Gasteiger partial charge in [-0.15, -0.1) is 11.3 Å². The van der Waals surface area contributed by atoms with E-state index in [1.165, 1.54) is 17.7 Å². The van der Waals surface area contributed by atoms with Crippen molar-refractivity contribution in [2.24, 2.45) is 14.1 Å². The Morgan fingerprint density at radius 3 is 2.62 bits per heavy atom. The van der Waals surface area contributed by atoms with Crippen molar-refractivity contribution < 1.29 is 0 Å². The van der Waals surface area contributed by atoms with Crippen LogP contribution in [0.1, 0.15) is 23.7 Å². The molecule has 0 amide bonds. The number of hydrogen-bond donors (Lipinski definition) is 0. The molecular weight excluding hydrogens is 324 g/mol. The van der Waals surface area contributed by atoms with Crippen molar-refractivity contribution in [1.82, 2.24) is 19.0 Å². The Hall–Kier alpha value is -2.25. The van der Waals surface area contributed by atoms with Gasteiger partial charge in [-0.25, -0.2) is 9.78 Å². The van der Waals surface area contributed by atoms with Crippen LogP contribution in [0.3, 0.4) is 0 Å². The Balaban J connectivity index is 1.88. The fourth-order valence-electron chi connectivity index (χ4n) is 2.58. The number of aromatic nitrogens is 3. The maximum absolute atomic E-state index is 12.0. The summed E-state index contributed by atoms with van der Waals surface area (Å²) >= 11 is 1.67. The lowest BCUT2D eigenvalue weighted by Gasteiger charge is -2.23. The first-order chi connectivity index (χ1) is 11.4. The highest BCUT2D eigenvalue weighted by atomic mass is 32.1. The monoisotopic (exact) mass is 344 g/mol. The normalized spacial score (nSPS) is 12.9. The molecule has 3 rings (SSSR count). The molecule has 24 heavy (non-hydrogen) atoms. The Morgan fingerprint density at radius 1 is 1.21 bits per heavy atom. The molecule has 0 aliphatic heterocycles. The molecule has 1 atom stereocenters. The van der Waals surface area contributed by atoms with Gasteiger partial charge in [-0.1, -0.05) is 12.1 Å². The Kier molecular flexibility index (Phi) is 4.38. The quantitative estimate of drug-likeness (QED) is 0.725. The predicted octanol–water partition coefficient (Wildman–Crippen LogP) is 1.89. The first-order valence-corrected chi connectivity index (χ1v) is 8.51. The van der Waals surface area contributed by atoms with Gasteiger partial charge in [-0.3, -0.25) is 18.8 Å². The van der Waals surface area contributed by atoms with Crippen LogP contribution in [0.5, 0.6) is 0 Å². The Labute approximate surface area is 143 Å². The summed E-state index contributed by atoms with van der Waals surface area (Å²) in [4.78, 5) is 30.7. The molecule has 126 valence electrons. The lowest BCUT2D eigenvalue weighted by atomic mass is 10.2. The summed E-state index contributed by atoms with van der Waals surface area (Å²) in [7, 11) is 5.15. The second kappa shape index (κ2) is 6.33. The number of nitrogens with zero attached hydrogens (tertiary/aromatic N) is 4. The first-order valence-electron chi connectivity index (χ1n) is 7.70. The average Bonchev–Trinajstić information content (AvgIpc) is 3.01. The lowest BCUT2D eigenvalue weighted by molar-refractivity contribution is 0.245. The molecule has 0 saturated heterocycles. The highest BCUT2D eigenvalue weighted by Crippen LogP contribution is 2.29. The standard InChI is InChI=1S/C17H20N4O2S/c1-11(16-18-13-7-5-6-8-14(13)24-16)19(2)10-12-9-15(22)21(4)17(23)20(12)3/h5-9,11H,10H2,1-4H3/t11-/m1/s1. The third kappa shape index (κ3) is 2.92. The summed E-state index contributed by atoms with van der Waals surface area (Å²) in [5.41, 5.74) is 1.10. The fraction of sp³-hybridized carbons (Fsp3) is 0.353. The van der Waals surface area contributed by atoms with Crippen molar-refractivity contribution in [2.75, 3.05) is 7.05 Å². The second-order valence-corrected chi connectivity index (χ2v) is 7.05. The maximum Gasteiger partial charge on any atom is 0.330 e. The molecule has 2 heterocycles. The first kappa shape index (κ1) is 16.6. The van der Waals surface area contributed by atoms with Gasteiger partial charge in [0.1, 0.15) is 5.01 Å². The smallest absolute Gasteiger partial charge is 0.299 e. The summed E-state index contributed by atoms with van der Waals surface area (Å²) in [5.74, 6) is 0. The summed E-state index contributed by atoms with van der Waals surface area (Å²) < 4.78 is 3.79. The van der Waals surface area contributed by atoms with E-state index >= 15 is 0 Å². The van der Waals surface area contributed by atoms with Crippen LogP contribution < -0.4 is 11.2 Å². The van der Waals surface area contributed by atoms with E-state index in [1.807, 2.05) is 25.2 Å². The number of thiazole rings is 1. The molecule has 0 radical (unpaired) electrons. The third-order valence-electron chi connectivity index (χ3n) is 4.37. The van der Waals surface area contributed by atoms with Crippen molar-refractivity contribution >= 4 is 21.6 Å². The van der Waals surface area contributed by atoms with Crippen molar-refractivity contribution in [3.05, 3.63) is 61.9 Å². The number of para-hydroxylation sites is 1. The van der Waals surface area contributed by atoms with Crippen LogP contribution in [0.25, 0.3) is 10.2 Å². The number of fused-ring (bicyclic) bond motifs is 1. The average molecular weight is 344 g/mol. The Morgan fingerprint density at radius 2 is 1.92 bits per heavy atom. The molecule has 7 heteroatoms. The molecule has 0 fully saturated rings. The molecule has 0 bridgehead atoms. The molecule has 0 unspecified atom stereocenters. The van der Waals surface area contributed by atoms with Crippen LogP contribution in [0, 0.1) is 0 Å². The van der Waals surface area contributed by atoms with Gasteiger partial charge in [0.05, 0.1) is 16.3 Å². The molecular formula is C17H20N4O2S. The molecule has 0 aliphatic carbocycles. The van der Waals surface area contributed by atoms with Crippen molar-refractivity contribution in [1.29, 1.82) is 0 Å². The predicted molar refractivity (Wildman–Crippen MR) is 96.4 cm³/mol. The largest absolute Gasteiger partial charge is 0.330 e. The second-order valence-electron chi connectivity index (χ2n) is 5.99. The van der Waals surface area contributed by atoms with E-state index in [9.17, 15) is 9.59 Å². The van der Waals surface area contributed by atoms with Gasteiger partial charge in [0.25, 0.3) is 5.56 Å². The number of benzene rings is 1. The van der Waals surface area contributed by atoms with Crippen molar-refractivity contribution in [3.8, 4) is 0 Å². The van der Waals surface area contributed by atoms with E-state index in [4.69, 9.17) is 0 Å². The minimum atomic E-state index is -0.307. The van der Waals surface area contributed by atoms with Gasteiger partial charge >= 0.3 is 5.69 Å². The van der Waals surface area contributed by atoms with Crippen molar-refractivity contribution in [2.45, 2.75) is 19.5 Å². The third-order valence-corrected chi connectivity index (χ3v) is 5.57.